The van der Waals surface area contributed by atoms with Crippen LogP contribution in [0.5, 0.6) is 0 Å². The van der Waals surface area contributed by atoms with Crippen LogP contribution in [0.3, 0.4) is 0 Å². The summed E-state index contributed by atoms with van der Waals surface area (Å²) in [5.74, 6) is 0. The van der Waals surface area contributed by atoms with E-state index in [9.17, 15) is 0 Å². The minimum atomic E-state index is 0.186. The molecule has 0 bridgehead atoms. The third kappa shape index (κ3) is 2.41. The van der Waals surface area contributed by atoms with Gasteiger partial charge in [-0.15, -0.1) is 0 Å². The lowest BCUT2D eigenvalue weighted by Gasteiger charge is -2.27. The summed E-state index contributed by atoms with van der Waals surface area (Å²) in [6.07, 6.45) is 5.70. The lowest BCUT2D eigenvalue weighted by atomic mass is 9.77. The number of hydrogen-bond donors (Lipinski definition) is 0. The van der Waals surface area contributed by atoms with Gasteiger partial charge in [0.15, 0.2) is 0 Å². The summed E-state index contributed by atoms with van der Waals surface area (Å²) < 4.78 is 0. The molecule has 0 heteroatoms. The van der Waals surface area contributed by atoms with Gasteiger partial charge in [0.1, 0.15) is 0 Å². The molecule has 0 aliphatic heterocycles. The first-order chi connectivity index (χ1) is 9.68. The molecule has 1 aliphatic rings. The van der Waals surface area contributed by atoms with E-state index in [1.54, 1.807) is 0 Å². The molecular weight excluding hydrogens is 252 g/mol. The normalized spacial score (nSPS) is 14.8. The van der Waals surface area contributed by atoms with Crippen molar-refractivity contribution in [3.8, 4) is 0 Å². The van der Waals surface area contributed by atoms with Crippen LogP contribution in [0.4, 0.5) is 0 Å². The van der Waals surface area contributed by atoms with Crippen molar-refractivity contribution in [2.24, 2.45) is 0 Å². The van der Waals surface area contributed by atoms with E-state index in [-0.39, 0.29) is 10.8 Å². The Kier molecular flexibility index (Phi) is 3.06. The van der Waals surface area contributed by atoms with Gasteiger partial charge in [0.05, 0.1) is 0 Å². The minimum Gasteiger partial charge on any atom is -0.0795 e. The van der Waals surface area contributed by atoms with Crippen molar-refractivity contribution in [2.75, 3.05) is 0 Å². The van der Waals surface area contributed by atoms with Gasteiger partial charge in [0.2, 0.25) is 0 Å². The van der Waals surface area contributed by atoms with E-state index in [1.165, 1.54) is 33.0 Å². The molecule has 0 saturated carbocycles. The molecule has 0 spiro atoms. The van der Waals surface area contributed by atoms with E-state index in [0.717, 1.165) is 6.42 Å². The topological polar surface area (TPSA) is 0 Å². The maximum Gasteiger partial charge on any atom is -0.00731 e. The van der Waals surface area contributed by atoms with Gasteiger partial charge in [-0.2, -0.15) is 0 Å². The maximum absolute atomic E-state index is 2.42. The minimum absolute atomic E-state index is 0.186. The van der Waals surface area contributed by atoms with Gasteiger partial charge < -0.3 is 0 Å². The Bertz CT molecular complexity index is 731. The molecule has 0 N–H and O–H groups in total. The van der Waals surface area contributed by atoms with Gasteiger partial charge in [0, 0.05) is 0 Å². The van der Waals surface area contributed by atoms with Crippen LogP contribution in [0, 0.1) is 0 Å². The van der Waals surface area contributed by atoms with Crippen LogP contribution in [-0.4, -0.2) is 0 Å². The van der Waals surface area contributed by atoms with Crippen molar-refractivity contribution in [3.05, 3.63) is 52.6 Å². The van der Waals surface area contributed by atoms with E-state index in [0.29, 0.717) is 0 Å². The highest BCUT2D eigenvalue weighted by atomic mass is 14.3. The smallest absolute Gasteiger partial charge is 0.00731 e. The molecule has 3 rings (SSSR count). The van der Waals surface area contributed by atoms with E-state index < -0.39 is 0 Å². The highest BCUT2D eigenvalue weighted by Crippen LogP contribution is 2.38. The molecule has 0 atom stereocenters. The summed E-state index contributed by atoms with van der Waals surface area (Å²) in [5, 5.41) is 2.86. The molecule has 21 heavy (non-hydrogen) atoms. The van der Waals surface area contributed by atoms with E-state index in [1.807, 2.05) is 0 Å². The van der Waals surface area contributed by atoms with Crippen molar-refractivity contribution < 1.29 is 0 Å². The fourth-order valence-corrected chi connectivity index (χ4v) is 3.31. The molecule has 1 aliphatic carbocycles. The largest absolute Gasteiger partial charge is 0.0795 e. The summed E-state index contributed by atoms with van der Waals surface area (Å²) in [7, 11) is 0. The van der Waals surface area contributed by atoms with Crippen LogP contribution in [0.15, 0.2) is 30.3 Å². The van der Waals surface area contributed by atoms with Gasteiger partial charge in [-0.1, -0.05) is 78.0 Å². The molecule has 2 aromatic carbocycles. The number of hydrogen-bond acceptors (Lipinski definition) is 0. The van der Waals surface area contributed by atoms with Gasteiger partial charge >= 0.3 is 0 Å². The first-order valence-electron chi connectivity index (χ1n) is 7.95. The summed E-state index contributed by atoms with van der Waals surface area (Å²) in [5.41, 5.74) is 6.20. The van der Waals surface area contributed by atoms with Crippen LogP contribution in [0.1, 0.15) is 63.8 Å². The fourth-order valence-electron chi connectivity index (χ4n) is 3.31. The Morgan fingerprint density at radius 3 is 2.19 bits per heavy atom. The van der Waals surface area contributed by atoms with E-state index >= 15 is 0 Å². The summed E-state index contributed by atoms with van der Waals surface area (Å²) in [6, 6.07) is 9.44. The second-order valence-electron chi connectivity index (χ2n) is 8.37. The third-order valence-electron chi connectivity index (χ3n) is 4.54. The molecule has 0 saturated heterocycles. The Hall–Kier alpha value is -1.56. The second-order valence-corrected chi connectivity index (χ2v) is 8.37. The van der Waals surface area contributed by atoms with Crippen LogP contribution < -0.4 is 0 Å². The molecule has 0 heterocycles. The highest BCUT2D eigenvalue weighted by Gasteiger charge is 2.23. The number of rotatable bonds is 0. The Morgan fingerprint density at radius 1 is 0.857 bits per heavy atom. The Labute approximate surface area is 128 Å². The van der Waals surface area contributed by atoms with E-state index in [2.05, 4.69) is 78.0 Å². The molecule has 0 amide bonds. The standard InChI is InChI=1S/C21H26/c1-20(2,3)16-12-14-8-7-9-17-18(21(4,5)6)11-10-15(13-16)19(14)17/h7,9-13H,8H2,1-6H3. The Morgan fingerprint density at radius 2 is 1.57 bits per heavy atom. The first kappa shape index (κ1) is 14.4. The average molecular weight is 278 g/mol. The highest BCUT2D eigenvalue weighted by molar-refractivity contribution is 5.97. The van der Waals surface area contributed by atoms with Gasteiger partial charge in [-0.25, -0.2) is 0 Å². The number of allylic oxidation sites excluding steroid dienone is 1. The van der Waals surface area contributed by atoms with Gasteiger partial charge in [-0.05, 0) is 50.3 Å². The lowest BCUT2D eigenvalue weighted by molar-refractivity contribution is 0.588. The molecule has 0 fully saturated rings. The SMILES string of the molecule is CC(C)(C)c1cc2c3c(c(C(C)(C)C)ccc3c1)C=CC2. The molecule has 0 radical (unpaired) electrons. The van der Waals surface area contributed by atoms with Crippen molar-refractivity contribution in [3.63, 3.8) is 0 Å². The molecular formula is C21H26. The van der Waals surface area contributed by atoms with Crippen molar-refractivity contribution >= 4 is 16.8 Å². The molecule has 2 aromatic rings. The summed E-state index contributed by atoms with van der Waals surface area (Å²) >= 11 is 0. The molecule has 0 nitrogen and oxygen atoms in total. The zero-order valence-corrected chi connectivity index (χ0v) is 14.2. The van der Waals surface area contributed by atoms with Crippen molar-refractivity contribution in [1.29, 1.82) is 0 Å². The summed E-state index contributed by atoms with van der Waals surface area (Å²) in [6.45, 7) is 13.8. The van der Waals surface area contributed by atoms with Crippen LogP contribution in [0.2, 0.25) is 0 Å². The predicted molar refractivity (Wildman–Crippen MR) is 94.1 cm³/mol. The van der Waals surface area contributed by atoms with Crippen LogP contribution in [-0.2, 0) is 17.3 Å². The van der Waals surface area contributed by atoms with Crippen molar-refractivity contribution in [2.45, 2.75) is 58.8 Å². The number of benzene rings is 2. The molecule has 110 valence electrons. The molecule has 0 aromatic heterocycles. The summed E-state index contributed by atoms with van der Waals surface area (Å²) in [4.78, 5) is 0. The monoisotopic (exact) mass is 278 g/mol. The first-order valence-corrected chi connectivity index (χ1v) is 7.95. The zero-order chi connectivity index (χ0) is 15.4. The quantitative estimate of drug-likeness (QED) is 0.554. The van der Waals surface area contributed by atoms with Crippen LogP contribution >= 0.6 is 0 Å². The second kappa shape index (κ2) is 4.47. The third-order valence-corrected chi connectivity index (χ3v) is 4.54. The predicted octanol–water partition coefficient (Wildman–Crippen LogP) is 6.00. The fraction of sp³-hybridized carbons (Fsp3) is 0.429. The average Bonchev–Trinajstić information content (AvgIpc) is 2.36. The maximum atomic E-state index is 2.42. The lowest BCUT2D eigenvalue weighted by Crippen LogP contribution is -2.15. The van der Waals surface area contributed by atoms with Crippen molar-refractivity contribution in [1.82, 2.24) is 0 Å². The molecule has 0 unspecified atom stereocenters. The van der Waals surface area contributed by atoms with Gasteiger partial charge in [0.25, 0.3) is 0 Å². The Balaban J connectivity index is 2.36. The van der Waals surface area contributed by atoms with Crippen LogP contribution in [0.25, 0.3) is 16.8 Å². The van der Waals surface area contributed by atoms with Gasteiger partial charge in [-0.3, -0.25) is 0 Å². The van der Waals surface area contributed by atoms with E-state index in [4.69, 9.17) is 0 Å². The zero-order valence-electron chi connectivity index (χ0n) is 14.2.